The molecule has 1 aromatic rings. The van der Waals surface area contributed by atoms with Crippen molar-refractivity contribution in [3.63, 3.8) is 0 Å². The summed E-state index contributed by atoms with van der Waals surface area (Å²) in [6.07, 6.45) is 2.87. The summed E-state index contributed by atoms with van der Waals surface area (Å²) < 4.78 is 17.6. The maximum Gasteiger partial charge on any atom is 0.308 e. The molecule has 0 amide bonds. The smallest absolute Gasteiger partial charge is 0.308 e. The van der Waals surface area contributed by atoms with Gasteiger partial charge in [0.25, 0.3) is 0 Å². The predicted octanol–water partition coefficient (Wildman–Crippen LogP) is 4.29. The van der Waals surface area contributed by atoms with Crippen LogP contribution < -0.4 is 9.47 Å². The van der Waals surface area contributed by atoms with E-state index < -0.39 is 17.5 Å². The lowest BCUT2D eigenvalue weighted by atomic mass is 9.57. The summed E-state index contributed by atoms with van der Waals surface area (Å²) in [6.45, 7) is 11.1. The van der Waals surface area contributed by atoms with Crippen molar-refractivity contribution >= 4 is 11.9 Å². The number of esters is 2. The molecule has 0 spiro atoms. The van der Waals surface area contributed by atoms with Crippen LogP contribution in [0, 0.1) is 18.8 Å². The monoisotopic (exact) mass is 360 g/mol. The molecule has 2 bridgehead atoms. The average Bonchev–Trinajstić information content (AvgIpc) is 2.43. The van der Waals surface area contributed by atoms with Crippen molar-refractivity contribution in [2.75, 3.05) is 0 Å². The summed E-state index contributed by atoms with van der Waals surface area (Å²) >= 11 is 0. The summed E-state index contributed by atoms with van der Waals surface area (Å²) in [5, 5.41) is 0. The van der Waals surface area contributed by atoms with Gasteiger partial charge in [0.15, 0.2) is 0 Å². The van der Waals surface area contributed by atoms with Crippen molar-refractivity contribution in [1.82, 2.24) is 0 Å². The second kappa shape index (κ2) is 6.38. The molecule has 142 valence electrons. The zero-order valence-corrected chi connectivity index (χ0v) is 16.5. The number of benzene rings is 1. The minimum atomic E-state index is -0.593. The lowest BCUT2D eigenvalue weighted by molar-refractivity contribution is -0.333. The van der Waals surface area contributed by atoms with Crippen molar-refractivity contribution in [2.45, 2.75) is 72.0 Å². The van der Waals surface area contributed by atoms with Gasteiger partial charge in [-0.1, -0.05) is 13.8 Å². The van der Waals surface area contributed by atoms with Crippen molar-refractivity contribution in [3.05, 3.63) is 23.3 Å². The minimum Gasteiger partial charge on any atom is -0.426 e. The Labute approximate surface area is 155 Å². The molecule has 0 N–H and O–H groups in total. The lowest BCUT2D eigenvalue weighted by Gasteiger charge is -2.64. The molecule has 26 heavy (non-hydrogen) atoms. The fourth-order valence-corrected chi connectivity index (χ4v) is 4.83. The summed E-state index contributed by atoms with van der Waals surface area (Å²) in [6, 6.07) is 3.65. The molecule has 0 radical (unpaired) electrons. The van der Waals surface area contributed by atoms with Crippen LogP contribution in [0.25, 0.3) is 0 Å². The standard InChI is InChI=1S/C21H28O5/c1-12(2)16-7-8-20(6)11-21(16,26-20)19-17(24-14(4)22)9-13(3)10-18(19)25-15(5)23/h9-10,12,16H,7-8,11H2,1-6H3/t16-,20?,21?/m0/s1. The van der Waals surface area contributed by atoms with Gasteiger partial charge in [0.1, 0.15) is 17.1 Å². The Bertz CT molecular complexity index is 706. The van der Waals surface area contributed by atoms with Gasteiger partial charge >= 0.3 is 11.9 Å². The molecular formula is C21H28O5. The first-order valence-electron chi connectivity index (χ1n) is 9.28. The van der Waals surface area contributed by atoms with Gasteiger partial charge in [0, 0.05) is 20.3 Å². The van der Waals surface area contributed by atoms with E-state index in [0.717, 1.165) is 24.8 Å². The number of hydrogen-bond acceptors (Lipinski definition) is 5. The zero-order valence-electron chi connectivity index (χ0n) is 16.5. The third kappa shape index (κ3) is 3.13. The Morgan fingerprint density at radius 3 is 2.08 bits per heavy atom. The number of aryl methyl sites for hydroxylation is 1. The molecule has 5 heteroatoms. The van der Waals surface area contributed by atoms with Gasteiger partial charge in [-0.25, -0.2) is 0 Å². The quantitative estimate of drug-likeness (QED) is 0.592. The van der Waals surface area contributed by atoms with Crippen LogP contribution in [0.1, 0.15) is 65.0 Å². The highest BCUT2D eigenvalue weighted by molar-refractivity contribution is 5.73. The second-order valence-corrected chi connectivity index (χ2v) is 8.33. The molecule has 2 saturated heterocycles. The number of fused-ring (bicyclic) bond motifs is 2. The van der Waals surface area contributed by atoms with Crippen LogP contribution in [-0.2, 0) is 19.9 Å². The largest absolute Gasteiger partial charge is 0.426 e. The average molecular weight is 360 g/mol. The van der Waals surface area contributed by atoms with E-state index in [9.17, 15) is 9.59 Å². The summed E-state index contributed by atoms with van der Waals surface area (Å²) in [5.41, 5.74) is 0.794. The van der Waals surface area contributed by atoms with Crippen molar-refractivity contribution < 1.29 is 23.8 Å². The lowest BCUT2D eigenvalue weighted by Crippen LogP contribution is -2.64. The molecule has 2 aliphatic heterocycles. The van der Waals surface area contributed by atoms with E-state index >= 15 is 0 Å². The first-order valence-corrected chi connectivity index (χ1v) is 9.28. The van der Waals surface area contributed by atoms with Crippen LogP contribution in [-0.4, -0.2) is 17.5 Å². The third-order valence-electron chi connectivity index (χ3n) is 5.59. The molecular weight excluding hydrogens is 332 g/mol. The molecule has 1 aromatic carbocycles. The number of ether oxygens (including phenoxy) is 3. The van der Waals surface area contributed by atoms with Gasteiger partial charge in [-0.15, -0.1) is 0 Å². The van der Waals surface area contributed by atoms with E-state index in [1.807, 2.05) is 19.1 Å². The van der Waals surface area contributed by atoms with E-state index in [-0.39, 0.29) is 11.5 Å². The molecule has 5 nitrogen and oxygen atoms in total. The van der Waals surface area contributed by atoms with Gasteiger partial charge in [-0.05, 0) is 56.2 Å². The van der Waals surface area contributed by atoms with Gasteiger partial charge in [-0.2, -0.15) is 0 Å². The van der Waals surface area contributed by atoms with E-state index in [2.05, 4.69) is 20.8 Å². The fraction of sp³-hybridized carbons (Fsp3) is 0.619. The number of carbonyl (C=O) groups is 2. The number of hydrogen-bond donors (Lipinski definition) is 0. The van der Waals surface area contributed by atoms with Gasteiger partial charge in [0.05, 0.1) is 11.2 Å². The Hall–Kier alpha value is -1.88. The fourth-order valence-electron chi connectivity index (χ4n) is 4.83. The molecule has 2 unspecified atom stereocenters. The summed E-state index contributed by atoms with van der Waals surface area (Å²) in [7, 11) is 0. The van der Waals surface area contributed by atoms with E-state index in [0.29, 0.717) is 23.0 Å². The van der Waals surface area contributed by atoms with Crippen LogP contribution >= 0.6 is 0 Å². The van der Waals surface area contributed by atoms with Gasteiger partial charge in [0.2, 0.25) is 0 Å². The normalized spacial score (nSPS) is 29.9. The Balaban J connectivity index is 2.20. The maximum atomic E-state index is 11.7. The topological polar surface area (TPSA) is 61.8 Å². The van der Waals surface area contributed by atoms with E-state index in [4.69, 9.17) is 14.2 Å². The maximum absolute atomic E-state index is 11.7. The third-order valence-corrected chi connectivity index (χ3v) is 5.59. The molecule has 3 fully saturated rings. The second-order valence-electron chi connectivity index (χ2n) is 8.33. The number of carbonyl (C=O) groups excluding carboxylic acids is 2. The summed E-state index contributed by atoms with van der Waals surface area (Å²) in [5.74, 6) is 0.709. The Kier molecular flexibility index (Phi) is 4.63. The highest BCUT2D eigenvalue weighted by Crippen LogP contribution is 2.65. The molecule has 4 rings (SSSR count). The molecule has 2 heterocycles. The molecule has 1 saturated carbocycles. The Morgan fingerprint density at radius 1 is 1.15 bits per heavy atom. The highest BCUT2D eigenvalue weighted by Gasteiger charge is 2.64. The minimum absolute atomic E-state index is 0.169. The first kappa shape index (κ1) is 18.9. The molecule has 3 aliphatic rings. The van der Waals surface area contributed by atoms with Gasteiger partial charge in [-0.3, -0.25) is 9.59 Å². The van der Waals surface area contributed by atoms with Crippen molar-refractivity contribution in [3.8, 4) is 11.5 Å². The van der Waals surface area contributed by atoms with Crippen LogP contribution in [0.2, 0.25) is 0 Å². The highest BCUT2D eigenvalue weighted by atomic mass is 16.6. The predicted molar refractivity (Wildman–Crippen MR) is 97.1 cm³/mol. The van der Waals surface area contributed by atoms with E-state index in [1.54, 1.807) is 0 Å². The van der Waals surface area contributed by atoms with Crippen LogP contribution in [0.15, 0.2) is 12.1 Å². The first-order chi connectivity index (χ1) is 12.1. The zero-order chi connectivity index (χ0) is 19.3. The number of rotatable bonds is 4. The van der Waals surface area contributed by atoms with Crippen LogP contribution in [0.3, 0.4) is 0 Å². The molecule has 0 aromatic heterocycles. The SMILES string of the molecule is CC(=O)Oc1cc(C)cc(OC(C)=O)c1C12CC(C)(CC[C@H]1C(C)C)O2. The van der Waals surface area contributed by atoms with E-state index in [1.165, 1.54) is 13.8 Å². The Morgan fingerprint density at radius 2 is 1.65 bits per heavy atom. The van der Waals surface area contributed by atoms with Crippen LogP contribution in [0.5, 0.6) is 11.5 Å². The summed E-state index contributed by atoms with van der Waals surface area (Å²) in [4.78, 5) is 23.4. The van der Waals surface area contributed by atoms with Gasteiger partial charge < -0.3 is 14.2 Å². The van der Waals surface area contributed by atoms with Crippen LogP contribution in [0.4, 0.5) is 0 Å². The van der Waals surface area contributed by atoms with Crippen molar-refractivity contribution in [2.24, 2.45) is 11.8 Å². The molecule has 3 atom stereocenters. The molecule has 1 aliphatic carbocycles. The van der Waals surface area contributed by atoms with Crippen molar-refractivity contribution in [1.29, 1.82) is 0 Å².